The summed E-state index contributed by atoms with van der Waals surface area (Å²) in [5.74, 6) is 5.13. The third-order valence-corrected chi connectivity index (χ3v) is 6.88. The number of anilines is 2. The van der Waals surface area contributed by atoms with E-state index in [9.17, 15) is 0 Å². The number of benzene rings is 2. The van der Waals surface area contributed by atoms with Crippen molar-refractivity contribution in [1.29, 1.82) is 0 Å². The Kier molecular flexibility index (Phi) is 6.73. The lowest BCUT2D eigenvalue weighted by molar-refractivity contribution is 0.355. The molecule has 202 valence electrons. The SMILES string of the molecule is COc1ccc(-c2cc(N3CCn4ccnc4C3)nc(C=Cc3nc(N(C)C)c4ccccc4n3)n2)cc1OC. The molecular formula is C30H30N8O2. The van der Waals surface area contributed by atoms with Crippen molar-refractivity contribution in [2.24, 2.45) is 0 Å². The zero-order valence-electron chi connectivity index (χ0n) is 22.9. The summed E-state index contributed by atoms with van der Waals surface area (Å²) in [5.41, 5.74) is 2.55. The molecule has 0 unspecified atom stereocenters. The van der Waals surface area contributed by atoms with E-state index in [4.69, 9.17) is 29.4 Å². The van der Waals surface area contributed by atoms with Crippen LogP contribution in [0, 0.1) is 0 Å². The van der Waals surface area contributed by atoms with Gasteiger partial charge in [-0.05, 0) is 42.5 Å². The number of ether oxygens (including phenoxy) is 2. The van der Waals surface area contributed by atoms with Crippen molar-refractivity contribution in [1.82, 2.24) is 29.5 Å². The van der Waals surface area contributed by atoms with Gasteiger partial charge in [-0.3, -0.25) is 0 Å². The van der Waals surface area contributed by atoms with Gasteiger partial charge in [0, 0.05) is 56.6 Å². The Labute approximate surface area is 232 Å². The Bertz CT molecular complexity index is 1710. The average Bonchev–Trinajstić information content (AvgIpc) is 3.47. The Balaban J connectivity index is 1.42. The third kappa shape index (κ3) is 4.91. The molecule has 10 heteroatoms. The first-order valence-electron chi connectivity index (χ1n) is 13.0. The summed E-state index contributed by atoms with van der Waals surface area (Å²) in [6.45, 7) is 2.32. The normalized spacial score (nSPS) is 13.1. The smallest absolute Gasteiger partial charge is 0.161 e. The van der Waals surface area contributed by atoms with Crippen molar-refractivity contribution in [3.63, 3.8) is 0 Å². The number of fused-ring (bicyclic) bond motifs is 2. The van der Waals surface area contributed by atoms with Gasteiger partial charge in [0.15, 0.2) is 23.1 Å². The molecule has 0 fully saturated rings. The second-order valence-electron chi connectivity index (χ2n) is 9.65. The molecule has 1 aliphatic rings. The molecule has 0 radical (unpaired) electrons. The highest BCUT2D eigenvalue weighted by Crippen LogP contribution is 2.33. The van der Waals surface area contributed by atoms with E-state index in [1.54, 1.807) is 14.2 Å². The molecule has 40 heavy (non-hydrogen) atoms. The van der Waals surface area contributed by atoms with Gasteiger partial charge in [0.05, 0.1) is 32.0 Å². The van der Waals surface area contributed by atoms with E-state index >= 15 is 0 Å². The number of rotatable bonds is 7. The van der Waals surface area contributed by atoms with Crippen molar-refractivity contribution >= 4 is 34.7 Å². The molecular weight excluding hydrogens is 504 g/mol. The van der Waals surface area contributed by atoms with Gasteiger partial charge in [-0.15, -0.1) is 0 Å². The molecule has 0 bridgehead atoms. The minimum Gasteiger partial charge on any atom is -0.493 e. The van der Waals surface area contributed by atoms with E-state index in [1.165, 1.54) is 0 Å². The second-order valence-corrected chi connectivity index (χ2v) is 9.65. The molecule has 6 rings (SSSR count). The maximum absolute atomic E-state index is 5.55. The van der Waals surface area contributed by atoms with E-state index in [1.807, 2.05) is 92.1 Å². The summed E-state index contributed by atoms with van der Waals surface area (Å²) in [6.07, 6.45) is 7.58. The number of para-hydroxylation sites is 1. The fraction of sp³-hybridized carbons (Fsp3) is 0.233. The Hall–Kier alpha value is -4.99. The summed E-state index contributed by atoms with van der Waals surface area (Å²) in [5, 5.41) is 1.00. The van der Waals surface area contributed by atoms with Crippen molar-refractivity contribution < 1.29 is 9.47 Å². The van der Waals surface area contributed by atoms with Crippen LogP contribution in [0.5, 0.6) is 11.5 Å². The number of imidazole rings is 1. The molecule has 5 aromatic rings. The summed E-state index contributed by atoms with van der Waals surface area (Å²) >= 11 is 0. The standard InChI is InChI=1S/C30H30N8O2/c1-36(2)30-21-7-5-6-8-22(21)32-27(35-30)12-11-26-33-23(20-9-10-24(39-3)25(17-20)40-4)18-28(34-26)38-16-15-37-14-13-31-29(37)19-38/h5-14,17-18H,15-16,19H2,1-4H3. The molecule has 0 atom stereocenters. The Morgan fingerprint density at radius 2 is 1.65 bits per heavy atom. The zero-order chi connectivity index (χ0) is 27.6. The van der Waals surface area contributed by atoms with Gasteiger partial charge in [0.2, 0.25) is 0 Å². The highest BCUT2D eigenvalue weighted by molar-refractivity contribution is 5.90. The number of aromatic nitrogens is 6. The van der Waals surface area contributed by atoms with E-state index in [2.05, 4.69) is 14.5 Å². The first kappa shape index (κ1) is 25.3. The fourth-order valence-electron chi connectivity index (χ4n) is 4.84. The Morgan fingerprint density at radius 3 is 2.45 bits per heavy atom. The summed E-state index contributed by atoms with van der Waals surface area (Å²) in [4.78, 5) is 28.1. The van der Waals surface area contributed by atoms with Crippen LogP contribution in [0.25, 0.3) is 34.3 Å². The van der Waals surface area contributed by atoms with E-state index < -0.39 is 0 Å². The van der Waals surface area contributed by atoms with E-state index in [0.29, 0.717) is 29.7 Å². The highest BCUT2D eigenvalue weighted by Gasteiger charge is 2.20. The van der Waals surface area contributed by atoms with E-state index in [-0.39, 0.29) is 0 Å². The van der Waals surface area contributed by atoms with Crippen LogP contribution in [0.2, 0.25) is 0 Å². The van der Waals surface area contributed by atoms with Gasteiger partial charge in [-0.2, -0.15) is 0 Å². The largest absolute Gasteiger partial charge is 0.493 e. The first-order valence-corrected chi connectivity index (χ1v) is 13.0. The lowest BCUT2D eigenvalue weighted by atomic mass is 10.1. The van der Waals surface area contributed by atoms with Gasteiger partial charge in [-0.25, -0.2) is 24.9 Å². The summed E-state index contributed by atoms with van der Waals surface area (Å²) < 4.78 is 13.2. The lowest BCUT2D eigenvalue weighted by Gasteiger charge is -2.29. The number of nitrogens with zero attached hydrogens (tertiary/aromatic N) is 8. The van der Waals surface area contributed by atoms with Gasteiger partial charge in [-0.1, -0.05) is 12.1 Å². The first-order chi connectivity index (χ1) is 19.5. The molecule has 0 aliphatic carbocycles. The average molecular weight is 535 g/mol. The van der Waals surface area contributed by atoms with Crippen LogP contribution in [0.4, 0.5) is 11.6 Å². The maximum Gasteiger partial charge on any atom is 0.161 e. The lowest BCUT2D eigenvalue weighted by Crippen LogP contribution is -2.34. The quantitative estimate of drug-likeness (QED) is 0.298. The number of hydrogen-bond acceptors (Lipinski definition) is 9. The van der Waals surface area contributed by atoms with Crippen LogP contribution in [0.15, 0.2) is 60.9 Å². The van der Waals surface area contributed by atoms with Gasteiger partial charge in [0.1, 0.15) is 17.5 Å². The van der Waals surface area contributed by atoms with Crippen LogP contribution < -0.4 is 19.3 Å². The highest BCUT2D eigenvalue weighted by atomic mass is 16.5. The fourth-order valence-corrected chi connectivity index (χ4v) is 4.84. The molecule has 1 aliphatic heterocycles. The Morgan fingerprint density at radius 1 is 0.850 bits per heavy atom. The predicted molar refractivity (Wildman–Crippen MR) is 157 cm³/mol. The van der Waals surface area contributed by atoms with Crippen LogP contribution >= 0.6 is 0 Å². The van der Waals surface area contributed by atoms with Crippen molar-refractivity contribution in [3.05, 3.63) is 78.4 Å². The topological polar surface area (TPSA) is 94.3 Å². The molecule has 4 heterocycles. The molecule has 0 N–H and O–H groups in total. The van der Waals surface area contributed by atoms with Gasteiger partial charge < -0.3 is 23.8 Å². The molecule has 2 aromatic carbocycles. The van der Waals surface area contributed by atoms with Gasteiger partial charge >= 0.3 is 0 Å². The van der Waals surface area contributed by atoms with E-state index in [0.717, 1.165) is 52.7 Å². The minimum absolute atomic E-state index is 0.555. The van der Waals surface area contributed by atoms with Crippen molar-refractivity contribution in [3.8, 4) is 22.8 Å². The molecule has 3 aromatic heterocycles. The third-order valence-electron chi connectivity index (χ3n) is 6.88. The maximum atomic E-state index is 5.55. The number of methoxy groups -OCH3 is 2. The van der Waals surface area contributed by atoms with Crippen LogP contribution in [0.1, 0.15) is 17.5 Å². The molecule has 0 saturated heterocycles. The monoisotopic (exact) mass is 534 g/mol. The summed E-state index contributed by atoms with van der Waals surface area (Å²) in [7, 11) is 7.21. The summed E-state index contributed by atoms with van der Waals surface area (Å²) in [6, 6.07) is 15.8. The molecule has 0 saturated carbocycles. The van der Waals surface area contributed by atoms with Gasteiger partial charge in [0.25, 0.3) is 0 Å². The minimum atomic E-state index is 0.555. The number of hydrogen-bond donors (Lipinski definition) is 0. The second kappa shape index (κ2) is 10.6. The van der Waals surface area contributed by atoms with Crippen molar-refractivity contribution in [2.75, 3.05) is 44.7 Å². The molecule has 0 spiro atoms. The van der Waals surface area contributed by atoms with Crippen LogP contribution in [0.3, 0.4) is 0 Å². The predicted octanol–water partition coefficient (Wildman–Crippen LogP) is 4.56. The van der Waals surface area contributed by atoms with Crippen molar-refractivity contribution in [2.45, 2.75) is 13.1 Å². The van der Waals surface area contributed by atoms with Crippen LogP contribution in [-0.4, -0.2) is 64.3 Å². The zero-order valence-corrected chi connectivity index (χ0v) is 22.9. The molecule has 0 amide bonds. The molecule has 10 nitrogen and oxygen atoms in total. The van der Waals surface area contributed by atoms with Crippen LogP contribution in [-0.2, 0) is 13.1 Å².